The number of nitrogens with one attached hydrogen (secondary N) is 1. The van der Waals surface area contributed by atoms with Gasteiger partial charge in [-0.15, -0.1) is 0 Å². The molecule has 20 heavy (non-hydrogen) atoms. The molecule has 0 saturated carbocycles. The Morgan fingerprint density at radius 1 is 1.25 bits per heavy atom. The van der Waals surface area contributed by atoms with E-state index in [4.69, 9.17) is 11.6 Å². The normalized spacial score (nSPS) is 12.4. The number of likely N-dealkylation sites (N-methyl/N-ethyl adjacent to an activating group) is 1. The van der Waals surface area contributed by atoms with Gasteiger partial charge >= 0.3 is 0 Å². The Balaban J connectivity index is 2.32. The van der Waals surface area contributed by atoms with E-state index in [2.05, 4.69) is 81.1 Å². The number of benzene rings is 2. The molecule has 4 heteroatoms. The highest BCUT2D eigenvalue weighted by Gasteiger charge is 2.15. The molecule has 0 heterocycles. The highest BCUT2D eigenvalue weighted by Crippen LogP contribution is 2.28. The van der Waals surface area contributed by atoms with Crippen LogP contribution in [0.5, 0.6) is 0 Å². The summed E-state index contributed by atoms with van der Waals surface area (Å²) in [6, 6.07) is 14.7. The largest absolute Gasteiger partial charge is 0.310 e. The predicted molar refractivity (Wildman–Crippen MR) is 98.4 cm³/mol. The zero-order valence-corrected chi connectivity index (χ0v) is 15.7. The maximum atomic E-state index is 6.15. The zero-order valence-electron chi connectivity index (χ0n) is 11.2. The van der Waals surface area contributed by atoms with Crippen molar-refractivity contribution in [3.63, 3.8) is 0 Å². The van der Waals surface area contributed by atoms with Gasteiger partial charge in [0.1, 0.15) is 0 Å². The molecule has 0 aliphatic heterocycles. The third kappa shape index (κ3) is 4.20. The van der Waals surface area contributed by atoms with Gasteiger partial charge in [-0.05, 0) is 70.9 Å². The fourth-order valence-corrected chi connectivity index (χ4v) is 3.54. The Labute approximate surface area is 147 Å². The van der Waals surface area contributed by atoms with Crippen molar-refractivity contribution in [1.29, 1.82) is 0 Å². The van der Waals surface area contributed by atoms with E-state index in [-0.39, 0.29) is 6.04 Å². The molecule has 0 aliphatic rings. The summed E-state index contributed by atoms with van der Waals surface area (Å²) in [6.07, 6.45) is 0.936. The van der Waals surface area contributed by atoms with E-state index in [0.29, 0.717) is 0 Å². The molecule has 1 nitrogen and oxygen atoms in total. The van der Waals surface area contributed by atoms with Crippen molar-refractivity contribution >= 4 is 50.1 Å². The number of halogens is 3. The lowest BCUT2D eigenvalue weighted by Crippen LogP contribution is -2.24. The van der Waals surface area contributed by atoms with Crippen LogP contribution in [-0.2, 0) is 6.42 Å². The maximum absolute atomic E-state index is 6.15. The highest BCUT2D eigenvalue weighted by atomic mass is 127. The van der Waals surface area contributed by atoms with Crippen LogP contribution < -0.4 is 5.32 Å². The van der Waals surface area contributed by atoms with Gasteiger partial charge in [0.05, 0.1) is 0 Å². The summed E-state index contributed by atoms with van der Waals surface area (Å²) in [7, 11) is 0. The van der Waals surface area contributed by atoms with Gasteiger partial charge in [0.25, 0.3) is 0 Å². The lowest BCUT2D eigenvalue weighted by Gasteiger charge is -2.21. The summed E-state index contributed by atoms with van der Waals surface area (Å²) in [6.45, 7) is 3.06. The zero-order chi connectivity index (χ0) is 14.5. The van der Waals surface area contributed by atoms with E-state index >= 15 is 0 Å². The third-order valence-corrected chi connectivity index (χ3v) is 5.16. The molecule has 0 aliphatic carbocycles. The number of hydrogen-bond acceptors (Lipinski definition) is 1. The van der Waals surface area contributed by atoms with Crippen molar-refractivity contribution in [1.82, 2.24) is 5.32 Å². The molecule has 1 N–H and O–H groups in total. The van der Waals surface area contributed by atoms with Gasteiger partial charge in [-0.1, -0.05) is 52.7 Å². The van der Waals surface area contributed by atoms with Crippen LogP contribution in [0.4, 0.5) is 0 Å². The van der Waals surface area contributed by atoms with Crippen LogP contribution in [0, 0.1) is 3.57 Å². The first-order valence-corrected chi connectivity index (χ1v) is 8.78. The molecule has 0 radical (unpaired) electrons. The predicted octanol–water partition coefficient (Wildman–Crippen LogP) is 5.60. The van der Waals surface area contributed by atoms with Crippen LogP contribution in [0.1, 0.15) is 24.1 Å². The van der Waals surface area contributed by atoms with Crippen molar-refractivity contribution in [2.24, 2.45) is 0 Å². The lowest BCUT2D eigenvalue weighted by molar-refractivity contribution is 0.547. The minimum atomic E-state index is 0.268. The quantitative estimate of drug-likeness (QED) is 0.568. The fraction of sp³-hybridized carbons (Fsp3) is 0.250. The summed E-state index contributed by atoms with van der Waals surface area (Å²) in [5.74, 6) is 0. The van der Waals surface area contributed by atoms with Gasteiger partial charge in [0.15, 0.2) is 0 Å². The molecule has 106 valence electrons. The smallest absolute Gasteiger partial charge is 0.0410 e. The standard InChI is InChI=1S/C16H16BrClIN/c1-2-20-16(9-11-5-3-4-6-14(11)17)13-10-12(18)7-8-15(13)19/h3-8,10,16,20H,2,9H2,1H3. The summed E-state index contributed by atoms with van der Waals surface area (Å²) in [4.78, 5) is 0. The minimum Gasteiger partial charge on any atom is -0.310 e. The number of hydrogen-bond donors (Lipinski definition) is 1. The summed E-state index contributed by atoms with van der Waals surface area (Å²) in [5.41, 5.74) is 2.56. The van der Waals surface area contributed by atoms with Crippen molar-refractivity contribution < 1.29 is 0 Å². The average Bonchev–Trinajstić information content (AvgIpc) is 2.43. The van der Waals surface area contributed by atoms with Crippen molar-refractivity contribution in [2.75, 3.05) is 6.54 Å². The second-order valence-corrected chi connectivity index (χ2v) is 7.02. The van der Waals surface area contributed by atoms with Crippen molar-refractivity contribution in [3.05, 3.63) is 66.7 Å². The van der Waals surface area contributed by atoms with Crippen molar-refractivity contribution in [2.45, 2.75) is 19.4 Å². The Bertz CT molecular complexity index is 588. The van der Waals surface area contributed by atoms with Gasteiger partial charge < -0.3 is 5.32 Å². The molecule has 0 bridgehead atoms. The first-order chi connectivity index (χ1) is 9.61. The van der Waals surface area contributed by atoms with Gasteiger partial charge in [-0.25, -0.2) is 0 Å². The molecule has 0 aromatic heterocycles. The van der Waals surface area contributed by atoms with E-state index in [1.54, 1.807) is 0 Å². The van der Waals surface area contributed by atoms with Crippen LogP contribution in [0.15, 0.2) is 46.9 Å². The number of rotatable bonds is 5. The van der Waals surface area contributed by atoms with E-state index < -0.39 is 0 Å². The van der Waals surface area contributed by atoms with E-state index in [1.165, 1.54) is 14.7 Å². The van der Waals surface area contributed by atoms with Crippen molar-refractivity contribution in [3.8, 4) is 0 Å². The fourth-order valence-electron chi connectivity index (χ4n) is 2.20. The topological polar surface area (TPSA) is 12.0 Å². The molecular formula is C16H16BrClIN. The SMILES string of the molecule is CCNC(Cc1ccccc1Br)c1cc(Cl)ccc1I. The highest BCUT2D eigenvalue weighted by molar-refractivity contribution is 14.1. The molecule has 0 saturated heterocycles. The average molecular weight is 465 g/mol. The monoisotopic (exact) mass is 463 g/mol. The Morgan fingerprint density at radius 2 is 2.00 bits per heavy atom. The van der Waals surface area contributed by atoms with Crippen LogP contribution in [0.3, 0.4) is 0 Å². The van der Waals surface area contributed by atoms with E-state index in [1.807, 2.05) is 12.1 Å². The van der Waals surface area contributed by atoms with E-state index in [0.717, 1.165) is 22.5 Å². The molecule has 0 fully saturated rings. The van der Waals surface area contributed by atoms with Gasteiger partial charge in [0.2, 0.25) is 0 Å². The molecule has 1 unspecified atom stereocenters. The molecule has 1 atom stereocenters. The third-order valence-electron chi connectivity index (χ3n) is 3.17. The summed E-state index contributed by atoms with van der Waals surface area (Å²) in [5, 5.41) is 4.35. The second kappa shape index (κ2) is 7.78. The van der Waals surface area contributed by atoms with Crippen LogP contribution in [-0.4, -0.2) is 6.54 Å². The molecule has 0 spiro atoms. The summed E-state index contributed by atoms with van der Waals surface area (Å²) >= 11 is 12.2. The Kier molecular flexibility index (Phi) is 6.33. The molecular weight excluding hydrogens is 448 g/mol. The Hall–Kier alpha value is -0.100. The second-order valence-electron chi connectivity index (χ2n) is 4.57. The Morgan fingerprint density at radius 3 is 2.70 bits per heavy atom. The lowest BCUT2D eigenvalue weighted by atomic mass is 9.99. The van der Waals surface area contributed by atoms with Gasteiger partial charge in [-0.3, -0.25) is 0 Å². The minimum absolute atomic E-state index is 0.268. The molecule has 2 rings (SSSR count). The van der Waals surface area contributed by atoms with Crippen LogP contribution in [0.25, 0.3) is 0 Å². The first kappa shape index (κ1) is 16.3. The molecule has 2 aromatic carbocycles. The molecule has 0 amide bonds. The van der Waals surface area contributed by atoms with Crippen LogP contribution in [0.2, 0.25) is 5.02 Å². The first-order valence-electron chi connectivity index (χ1n) is 6.53. The molecule has 2 aromatic rings. The van der Waals surface area contributed by atoms with Crippen LogP contribution >= 0.6 is 50.1 Å². The van der Waals surface area contributed by atoms with Gasteiger partial charge in [0, 0.05) is 19.1 Å². The van der Waals surface area contributed by atoms with Gasteiger partial charge in [-0.2, -0.15) is 0 Å². The maximum Gasteiger partial charge on any atom is 0.0410 e. The van der Waals surface area contributed by atoms with E-state index in [9.17, 15) is 0 Å². The summed E-state index contributed by atoms with van der Waals surface area (Å²) < 4.78 is 2.39.